The third kappa shape index (κ3) is 1.53. The van der Waals surface area contributed by atoms with Crippen molar-refractivity contribution in [3.63, 3.8) is 0 Å². The Kier molecular flexibility index (Phi) is 2.74. The lowest BCUT2D eigenvalue weighted by Gasteiger charge is -2.08. The summed E-state index contributed by atoms with van der Waals surface area (Å²) in [4.78, 5) is 0. The summed E-state index contributed by atoms with van der Waals surface area (Å²) in [7, 11) is 0. The maximum atomic E-state index is 4.72. The Morgan fingerprint density at radius 3 is 1.72 bits per heavy atom. The number of aryl methyl sites for hydroxylation is 2. The molecule has 0 spiro atoms. The Morgan fingerprint density at radius 2 is 1.28 bits per heavy atom. The second-order valence-corrected chi connectivity index (χ2v) is 8.53. The molecule has 0 unspecified atom stereocenters. The van der Waals surface area contributed by atoms with Gasteiger partial charge < -0.3 is 9.13 Å². The highest BCUT2D eigenvalue weighted by molar-refractivity contribution is 7.19. The maximum Gasteiger partial charge on any atom is 0.116 e. The summed E-state index contributed by atoms with van der Waals surface area (Å²) in [5.74, 6) is 0. The van der Waals surface area contributed by atoms with Crippen LogP contribution < -0.4 is 0 Å². The average Bonchev–Trinajstić information content (AvgIpc) is 3.38. The second-order valence-electron chi connectivity index (χ2n) is 6.17. The Bertz CT molecular complexity index is 1320. The first kappa shape index (κ1) is 14.2. The Labute approximate surface area is 155 Å². The van der Waals surface area contributed by atoms with E-state index in [1.807, 2.05) is 22.7 Å². The Hall–Kier alpha value is -1.96. The van der Waals surface area contributed by atoms with Gasteiger partial charge in [0.1, 0.15) is 11.0 Å². The van der Waals surface area contributed by atoms with Gasteiger partial charge in [0, 0.05) is 23.9 Å². The van der Waals surface area contributed by atoms with Crippen molar-refractivity contribution in [1.29, 1.82) is 0 Å². The number of fused-ring (bicyclic) bond motifs is 10. The molecule has 4 nitrogen and oxygen atoms in total. The zero-order chi connectivity index (χ0) is 16.7. The van der Waals surface area contributed by atoms with E-state index < -0.39 is 0 Å². The molecule has 25 heavy (non-hydrogen) atoms. The molecule has 124 valence electrons. The van der Waals surface area contributed by atoms with Gasteiger partial charge in [-0.05, 0) is 36.7 Å². The second kappa shape index (κ2) is 4.81. The molecule has 0 N–H and O–H groups in total. The molecule has 1 aromatic carbocycles. The molecule has 0 fully saturated rings. The van der Waals surface area contributed by atoms with Crippen molar-refractivity contribution in [3.8, 4) is 0 Å². The molecule has 0 saturated carbocycles. The topological polar surface area (TPSA) is 35.6 Å². The van der Waals surface area contributed by atoms with Crippen LogP contribution in [0.15, 0.2) is 22.9 Å². The first-order valence-corrected chi connectivity index (χ1v) is 10.9. The third-order valence-corrected chi connectivity index (χ3v) is 7.53. The molecule has 6 aromatic rings. The summed E-state index contributed by atoms with van der Waals surface area (Å²) < 4.78 is 17.0. The van der Waals surface area contributed by atoms with Crippen molar-refractivity contribution in [2.75, 3.05) is 0 Å². The van der Waals surface area contributed by atoms with Gasteiger partial charge >= 0.3 is 0 Å². The molecule has 0 aliphatic carbocycles. The number of benzene rings is 1. The molecule has 0 radical (unpaired) electrons. The van der Waals surface area contributed by atoms with Gasteiger partial charge in [-0.2, -0.15) is 8.75 Å². The standard InChI is InChI=1S/C18H14N4S3/c1-3-21-9-5-7-23-17(9)11-13-14(20-25-19-13)12-16(15(11)21)22(4-2)10-6-8-24-18(10)12/h5-8H,3-4H2,1-2H3. The summed E-state index contributed by atoms with van der Waals surface area (Å²) in [5.41, 5.74) is 7.41. The van der Waals surface area contributed by atoms with Gasteiger partial charge in [0.25, 0.3) is 0 Å². The van der Waals surface area contributed by atoms with E-state index >= 15 is 0 Å². The van der Waals surface area contributed by atoms with E-state index in [1.54, 1.807) is 0 Å². The fourth-order valence-corrected chi connectivity index (χ4v) is 6.68. The number of thiophene rings is 2. The van der Waals surface area contributed by atoms with Crippen LogP contribution in [-0.4, -0.2) is 17.9 Å². The minimum absolute atomic E-state index is 0.956. The van der Waals surface area contributed by atoms with Crippen LogP contribution in [0.1, 0.15) is 13.8 Å². The van der Waals surface area contributed by atoms with Crippen molar-refractivity contribution in [2.45, 2.75) is 26.9 Å². The first-order valence-electron chi connectivity index (χ1n) is 8.38. The van der Waals surface area contributed by atoms with E-state index in [1.165, 1.54) is 54.0 Å². The molecule has 0 amide bonds. The highest BCUT2D eigenvalue weighted by Gasteiger charge is 2.25. The molecule has 5 heterocycles. The zero-order valence-electron chi connectivity index (χ0n) is 13.7. The van der Waals surface area contributed by atoms with Crippen molar-refractivity contribution in [3.05, 3.63) is 22.9 Å². The smallest absolute Gasteiger partial charge is 0.116 e. The van der Waals surface area contributed by atoms with E-state index in [0.29, 0.717) is 0 Å². The highest BCUT2D eigenvalue weighted by Crippen LogP contribution is 2.46. The van der Waals surface area contributed by atoms with E-state index in [9.17, 15) is 0 Å². The van der Waals surface area contributed by atoms with Crippen LogP contribution in [0, 0.1) is 0 Å². The molecule has 6 rings (SSSR count). The molecule has 7 heteroatoms. The van der Waals surface area contributed by atoms with Crippen LogP contribution >= 0.6 is 34.4 Å². The number of aromatic nitrogens is 4. The molecule has 0 bridgehead atoms. The molecular formula is C18H14N4S3. The fourth-order valence-electron chi connectivity index (χ4n) is 4.24. The lowest BCUT2D eigenvalue weighted by atomic mass is 10.1. The van der Waals surface area contributed by atoms with E-state index in [2.05, 4.69) is 45.9 Å². The van der Waals surface area contributed by atoms with Crippen LogP contribution in [0.3, 0.4) is 0 Å². The fraction of sp³-hybridized carbons (Fsp3) is 0.222. The summed E-state index contributed by atoms with van der Waals surface area (Å²) in [6.07, 6.45) is 0. The van der Waals surface area contributed by atoms with Crippen molar-refractivity contribution in [2.24, 2.45) is 0 Å². The molecular weight excluding hydrogens is 368 g/mol. The van der Waals surface area contributed by atoms with Crippen molar-refractivity contribution in [1.82, 2.24) is 17.9 Å². The van der Waals surface area contributed by atoms with Gasteiger partial charge in [-0.25, -0.2) is 0 Å². The number of rotatable bonds is 2. The van der Waals surface area contributed by atoms with E-state index in [4.69, 9.17) is 8.75 Å². The normalized spacial score (nSPS) is 12.7. The molecule has 0 saturated heterocycles. The first-order chi connectivity index (χ1) is 12.3. The van der Waals surface area contributed by atoms with Crippen LogP contribution in [0.2, 0.25) is 0 Å². The van der Waals surface area contributed by atoms with Crippen LogP contribution in [0.4, 0.5) is 0 Å². The van der Waals surface area contributed by atoms with Crippen LogP contribution in [0.25, 0.3) is 53.3 Å². The number of hydrogen-bond acceptors (Lipinski definition) is 5. The lowest BCUT2D eigenvalue weighted by Crippen LogP contribution is -1.98. The lowest BCUT2D eigenvalue weighted by molar-refractivity contribution is 0.809. The molecule has 0 atom stereocenters. The Balaban J connectivity index is 2.10. The predicted molar refractivity (Wildman–Crippen MR) is 111 cm³/mol. The monoisotopic (exact) mass is 382 g/mol. The zero-order valence-corrected chi connectivity index (χ0v) is 16.2. The van der Waals surface area contributed by atoms with E-state index in [-0.39, 0.29) is 0 Å². The van der Waals surface area contributed by atoms with Crippen LogP contribution in [-0.2, 0) is 13.1 Å². The third-order valence-electron chi connectivity index (χ3n) is 5.16. The van der Waals surface area contributed by atoms with Crippen LogP contribution in [0.5, 0.6) is 0 Å². The van der Waals surface area contributed by atoms with Gasteiger partial charge in [0.2, 0.25) is 0 Å². The summed E-state index contributed by atoms with van der Waals surface area (Å²) in [6.45, 7) is 6.37. The van der Waals surface area contributed by atoms with Gasteiger partial charge in [0.15, 0.2) is 0 Å². The molecule has 5 aromatic heterocycles. The number of hydrogen-bond donors (Lipinski definition) is 0. The van der Waals surface area contributed by atoms with Gasteiger partial charge in [-0.3, -0.25) is 0 Å². The van der Waals surface area contributed by atoms with Gasteiger partial charge in [0.05, 0.1) is 43.2 Å². The molecule has 0 aliphatic rings. The highest BCUT2D eigenvalue weighted by atomic mass is 32.1. The largest absolute Gasteiger partial charge is 0.338 e. The summed E-state index contributed by atoms with van der Waals surface area (Å²) >= 11 is 4.95. The quantitative estimate of drug-likeness (QED) is 0.364. The van der Waals surface area contributed by atoms with E-state index in [0.717, 1.165) is 24.1 Å². The van der Waals surface area contributed by atoms with Crippen molar-refractivity contribution < 1.29 is 0 Å². The molecule has 0 aliphatic heterocycles. The maximum absolute atomic E-state index is 4.72. The average molecular weight is 383 g/mol. The predicted octanol–water partition coefficient (Wildman–Crippen LogP) is 6.07. The summed E-state index contributed by atoms with van der Waals surface area (Å²) in [5, 5.41) is 6.93. The SMILES string of the molecule is CCn1c2ccsc2c2c3nsnc3c3c4sccc4n(CC)c3c21. The summed E-state index contributed by atoms with van der Waals surface area (Å²) in [6, 6.07) is 4.48. The van der Waals surface area contributed by atoms with Crippen molar-refractivity contribution >= 4 is 87.7 Å². The number of nitrogens with zero attached hydrogens (tertiary/aromatic N) is 4. The minimum atomic E-state index is 0.956. The Morgan fingerprint density at radius 1 is 0.800 bits per heavy atom. The van der Waals surface area contributed by atoms with Gasteiger partial charge in [-0.15, -0.1) is 22.7 Å². The minimum Gasteiger partial charge on any atom is -0.338 e. The van der Waals surface area contributed by atoms with Gasteiger partial charge in [-0.1, -0.05) is 0 Å².